The van der Waals surface area contributed by atoms with Crippen LogP contribution in [-0.4, -0.2) is 4.57 Å². The van der Waals surface area contributed by atoms with E-state index >= 15 is 0 Å². The maximum Gasteiger partial charge on any atom is 0.0561 e. The molecule has 0 atom stereocenters. The summed E-state index contributed by atoms with van der Waals surface area (Å²) in [4.78, 5) is 2.41. The summed E-state index contributed by atoms with van der Waals surface area (Å²) in [6.07, 6.45) is 0. The van der Waals surface area contributed by atoms with Crippen LogP contribution in [0.15, 0.2) is 231 Å². The van der Waals surface area contributed by atoms with E-state index in [1.807, 2.05) is 0 Å². The van der Waals surface area contributed by atoms with E-state index in [9.17, 15) is 0 Å². The molecule has 2 nitrogen and oxygen atoms in total. The molecule has 0 N–H and O–H groups in total. The lowest BCUT2D eigenvalue weighted by Crippen LogP contribution is -2.10. The predicted octanol–water partition coefficient (Wildman–Crippen LogP) is 14.9. The fourth-order valence-corrected chi connectivity index (χ4v) is 8.13. The monoisotopic (exact) mass is 714 g/mol. The van der Waals surface area contributed by atoms with Crippen molar-refractivity contribution in [2.45, 2.75) is 0 Å². The molecule has 0 aliphatic heterocycles. The lowest BCUT2D eigenvalue weighted by molar-refractivity contribution is 1.18. The smallest absolute Gasteiger partial charge is 0.0561 e. The molecule has 1 heterocycles. The average molecular weight is 715 g/mol. The van der Waals surface area contributed by atoms with E-state index in [1.54, 1.807) is 0 Å². The molecule has 0 amide bonds. The van der Waals surface area contributed by atoms with Crippen LogP contribution in [0.25, 0.3) is 72.0 Å². The number of hydrogen-bond donors (Lipinski definition) is 0. The Kier molecular flexibility index (Phi) is 8.55. The highest BCUT2D eigenvalue weighted by molar-refractivity contribution is 6.10. The topological polar surface area (TPSA) is 8.17 Å². The molecule has 0 fully saturated rings. The van der Waals surface area contributed by atoms with Gasteiger partial charge in [-0.05, 0) is 105 Å². The molecule has 0 aliphatic rings. The van der Waals surface area contributed by atoms with Crippen molar-refractivity contribution in [3.05, 3.63) is 231 Å². The van der Waals surface area contributed by atoms with Crippen LogP contribution in [0.3, 0.4) is 0 Å². The molecule has 264 valence electrons. The first kappa shape index (κ1) is 33.2. The summed E-state index contributed by atoms with van der Waals surface area (Å²) in [5.74, 6) is 0. The Bertz CT molecular complexity index is 2950. The molecule has 1 aromatic heterocycles. The van der Waals surface area contributed by atoms with E-state index in [0.717, 1.165) is 33.8 Å². The van der Waals surface area contributed by atoms with Gasteiger partial charge in [-0.25, -0.2) is 0 Å². The van der Waals surface area contributed by atoms with Crippen molar-refractivity contribution in [2.75, 3.05) is 4.90 Å². The first-order chi connectivity index (χ1) is 27.8. The average Bonchev–Trinajstić information content (AvgIpc) is 3.61. The largest absolute Gasteiger partial charge is 0.310 e. The first-order valence-corrected chi connectivity index (χ1v) is 19.2. The van der Waals surface area contributed by atoms with Crippen molar-refractivity contribution in [2.24, 2.45) is 0 Å². The Labute approximate surface area is 327 Å². The molecule has 2 heteroatoms. The van der Waals surface area contributed by atoms with Gasteiger partial charge in [0.1, 0.15) is 0 Å². The number of fused-ring (bicyclic) bond motifs is 3. The molecule has 56 heavy (non-hydrogen) atoms. The summed E-state index contributed by atoms with van der Waals surface area (Å²) in [5.41, 5.74) is 16.3. The molecule has 0 spiro atoms. The van der Waals surface area contributed by atoms with Gasteiger partial charge in [0.15, 0.2) is 0 Å². The number of benzene rings is 9. The highest BCUT2D eigenvalue weighted by Crippen LogP contribution is 2.43. The van der Waals surface area contributed by atoms with Gasteiger partial charge in [0, 0.05) is 33.5 Å². The summed E-state index contributed by atoms with van der Waals surface area (Å²) in [7, 11) is 0. The molecule has 0 aliphatic carbocycles. The van der Waals surface area contributed by atoms with Crippen LogP contribution in [0.5, 0.6) is 0 Å². The predicted molar refractivity (Wildman–Crippen MR) is 237 cm³/mol. The number of aromatic nitrogens is 1. The lowest BCUT2D eigenvalue weighted by atomic mass is 9.93. The molecule has 10 rings (SSSR count). The summed E-state index contributed by atoms with van der Waals surface area (Å²) < 4.78 is 2.39. The molecule has 9 aromatic carbocycles. The molecular formula is C54H38N2. The van der Waals surface area contributed by atoms with Crippen LogP contribution in [0.1, 0.15) is 0 Å². The van der Waals surface area contributed by atoms with Gasteiger partial charge >= 0.3 is 0 Å². The zero-order valence-electron chi connectivity index (χ0n) is 30.8. The summed E-state index contributed by atoms with van der Waals surface area (Å²) in [5, 5.41) is 2.47. The molecule has 0 bridgehead atoms. The van der Waals surface area contributed by atoms with Crippen molar-refractivity contribution < 1.29 is 0 Å². The van der Waals surface area contributed by atoms with Crippen LogP contribution in [-0.2, 0) is 0 Å². The molecule has 0 saturated carbocycles. The number of hydrogen-bond acceptors (Lipinski definition) is 1. The highest BCUT2D eigenvalue weighted by Gasteiger charge is 2.20. The SMILES string of the molecule is c1ccc(-c2cccc(-c3cccc(N(c4ccc(-c5ccccc5)c(-c5ccccc5)c4)c4ccc5c6ccccc6n(-c6ccccc6)c5c4)c3)c2)cc1. The number of rotatable bonds is 8. The van der Waals surface area contributed by atoms with Crippen molar-refractivity contribution >= 4 is 38.9 Å². The number of para-hydroxylation sites is 2. The number of nitrogens with zero attached hydrogens (tertiary/aromatic N) is 2. The lowest BCUT2D eigenvalue weighted by Gasteiger charge is -2.27. The van der Waals surface area contributed by atoms with Crippen LogP contribution in [0.4, 0.5) is 17.1 Å². The first-order valence-electron chi connectivity index (χ1n) is 19.2. The van der Waals surface area contributed by atoms with Gasteiger partial charge in [0.2, 0.25) is 0 Å². The van der Waals surface area contributed by atoms with Crippen LogP contribution in [0, 0.1) is 0 Å². The minimum Gasteiger partial charge on any atom is -0.310 e. The number of anilines is 3. The van der Waals surface area contributed by atoms with E-state index < -0.39 is 0 Å². The summed E-state index contributed by atoms with van der Waals surface area (Å²) >= 11 is 0. The van der Waals surface area contributed by atoms with E-state index in [1.165, 1.54) is 55.2 Å². The Morgan fingerprint density at radius 1 is 0.268 bits per heavy atom. The van der Waals surface area contributed by atoms with Crippen molar-refractivity contribution in [3.8, 4) is 50.2 Å². The maximum absolute atomic E-state index is 2.41. The molecule has 10 aromatic rings. The van der Waals surface area contributed by atoms with Crippen molar-refractivity contribution in [1.29, 1.82) is 0 Å². The molecule has 0 saturated heterocycles. The highest BCUT2D eigenvalue weighted by atomic mass is 15.1. The van der Waals surface area contributed by atoms with E-state index in [0.29, 0.717) is 0 Å². The van der Waals surface area contributed by atoms with Crippen molar-refractivity contribution in [3.63, 3.8) is 0 Å². The second kappa shape index (κ2) is 14.4. The minimum atomic E-state index is 1.08. The van der Waals surface area contributed by atoms with Gasteiger partial charge in [-0.15, -0.1) is 0 Å². The zero-order valence-corrected chi connectivity index (χ0v) is 30.8. The third-order valence-electron chi connectivity index (χ3n) is 10.8. The van der Waals surface area contributed by atoms with E-state index in [4.69, 9.17) is 0 Å². The Balaban J connectivity index is 1.20. The summed E-state index contributed by atoms with van der Waals surface area (Å²) in [6.45, 7) is 0. The molecule has 0 radical (unpaired) electrons. The minimum absolute atomic E-state index is 1.08. The normalized spacial score (nSPS) is 11.2. The Morgan fingerprint density at radius 3 is 1.46 bits per heavy atom. The Morgan fingerprint density at radius 2 is 0.750 bits per heavy atom. The van der Waals surface area contributed by atoms with Gasteiger partial charge in [-0.3, -0.25) is 0 Å². The third-order valence-corrected chi connectivity index (χ3v) is 10.8. The van der Waals surface area contributed by atoms with E-state index in [-0.39, 0.29) is 0 Å². The van der Waals surface area contributed by atoms with Crippen LogP contribution >= 0.6 is 0 Å². The van der Waals surface area contributed by atoms with Gasteiger partial charge in [-0.1, -0.05) is 170 Å². The van der Waals surface area contributed by atoms with Gasteiger partial charge < -0.3 is 9.47 Å². The second-order valence-corrected chi connectivity index (χ2v) is 14.2. The third kappa shape index (κ3) is 6.14. The van der Waals surface area contributed by atoms with E-state index in [2.05, 4.69) is 240 Å². The summed E-state index contributed by atoms with van der Waals surface area (Å²) in [6, 6.07) is 83.1. The quantitative estimate of drug-likeness (QED) is 0.152. The standard InChI is InChI=1S/C54H38N2/c1-5-17-39(18-6-1)42-23-15-24-43(35-42)44-25-16-28-46(36-44)55(47-31-33-49(40-19-7-2-8-20-40)52(37-47)41-21-9-3-10-22-41)48-32-34-51-50-29-13-14-30-53(50)56(54(51)38-48)45-26-11-4-12-27-45/h1-38H. The second-order valence-electron chi connectivity index (χ2n) is 14.2. The zero-order chi connectivity index (χ0) is 37.3. The fraction of sp³-hybridized carbons (Fsp3) is 0. The van der Waals surface area contributed by atoms with Gasteiger partial charge in [0.25, 0.3) is 0 Å². The molecular weight excluding hydrogens is 677 g/mol. The van der Waals surface area contributed by atoms with Crippen molar-refractivity contribution in [1.82, 2.24) is 4.57 Å². The molecule has 0 unspecified atom stereocenters. The van der Waals surface area contributed by atoms with Gasteiger partial charge in [-0.2, -0.15) is 0 Å². The Hall–Kier alpha value is -7.42. The fourth-order valence-electron chi connectivity index (χ4n) is 8.13. The van der Waals surface area contributed by atoms with Crippen LogP contribution < -0.4 is 4.90 Å². The van der Waals surface area contributed by atoms with Gasteiger partial charge in [0.05, 0.1) is 11.0 Å². The maximum atomic E-state index is 2.41. The van der Waals surface area contributed by atoms with Crippen LogP contribution in [0.2, 0.25) is 0 Å².